The van der Waals surface area contributed by atoms with Gasteiger partial charge in [-0.1, -0.05) is 39.8 Å². The summed E-state index contributed by atoms with van der Waals surface area (Å²) >= 11 is 0. The van der Waals surface area contributed by atoms with Gasteiger partial charge in [-0.3, -0.25) is 4.79 Å². The Morgan fingerprint density at radius 1 is 1.13 bits per heavy atom. The first-order chi connectivity index (χ1) is 10.8. The lowest BCUT2D eigenvalue weighted by Gasteiger charge is -2.25. The second kappa shape index (κ2) is 8.56. The van der Waals surface area contributed by atoms with Crippen LogP contribution in [0.2, 0.25) is 0 Å². The van der Waals surface area contributed by atoms with E-state index in [1.165, 1.54) is 7.11 Å². The van der Waals surface area contributed by atoms with Gasteiger partial charge in [0.05, 0.1) is 13.0 Å². The van der Waals surface area contributed by atoms with Crippen molar-refractivity contribution in [2.75, 3.05) is 7.11 Å². The molecule has 1 aromatic rings. The highest BCUT2D eigenvalue weighted by Gasteiger charge is 2.29. The predicted molar refractivity (Wildman–Crippen MR) is 89.1 cm³/mol. The van der Waals surface area contributed by atoms with Gasteiger partial charge in [-0.05, 0) is 36.0 Å². The number of hydrogen-bond donors (Lipinski definition) is 2. The van der Waals surface area contributed by atoms with E-state index in [-0.39, 0.29) is 23.5 Å². The lowest BCUT2D eigenvalue weighted by Crippen LogP contribution is -2.45. The Balaban J connectivity index is 2.96. The van der Waals surface area contributed by atoms with Crippen LogP contribution in [-0.4, -0.2) is 30.1 Å². The van der Waals surface area contributed by atoms with Crippen molar-refractivity contribution in [2.45, 2.75) is 46.1 Å². The highest BCUT2D eigenvalue weighted by molar-refractivity contribution is 5.88. The minimum Gasteiger partial charge on any atom is -0.508 e. The van der Waals surface area contributed by atoms with Crippen LogP contribution in [0.15, 0.2) is 24.3 Å². The zero-order valence-electron chi connectivity index (χ0n) is 14.5. The number of rotatable bonds is 7. The van der Waals surface area contributed by atoms with Crippen molar-refractivity contribution in [3.63, 3.8) is 0 Å². The van der Waals surface area contributed by atoms with E-state index in [0.29, 0.717) is 6.42 Å². The molecule has 1 rings (SSSR count). The SMILES string of the molecule is COC(=O)[C@H](CC(C)C)NC(=O)[C@H](c1ccc(O)cc1)C(C)C. The number of ether oxygens (including phenoxy) is 1. The van der Waals surface area contributed by atoms with E-state index in [1.807, 2.05) is 27.7 Å². The minimum atomic E-state index is -0.647. The molecule has 0 fully saturated rings. The van der Waals surface area contributed by atoms with Crippen LogP contribution in [0, 0.1) is 11.8 Å². The normalized spacial score (nSPS) is 13.7. The van der Waals surface area contributed by atoms with Crippen LogP contribution in [0.3, 0.4) is 0 Å². The summed E-state index contributed by atoms with van der Waals surface area (Å²) in [6.07, 6.45) is 0.527. The highest BCUT2D eigenvalue weighted by atomic mass is 16.5. The lowest BCUT2D eigenvalue weighted by atomic mass is 9.87. The molecule has 0 bridgehead atoms. The van der Waals surface area contributed by atoms with E-state index in [0.717, 1.165) is 5.56 Å². The van der Waals surface area contributed by atoms with E-state index < -0.39 is 17.9 Å². The third kappa shape index (κ3) is 5.58. The number of benzene rings is 1. The number of aromatic hydroxyl groups is 1. The summed E-state index contributed by atoms with van der Waals surface area (Å²) in [5.74, 6) is -0.566. The van der Waals surface area contributed by atoms with Crippen molar-refractivity contribution in [1.82, 2.24) is 5.32 Å². The van der Waals surface area contributed by atoms with E-state index in [2.05, 4.69) is 5.32 Å². The van der Waals surface area contributed by atoms with E-state index in [4.69, 9.17) is 4.74 Å². The van der Waals surface area contributed by atoms with Gasteiger partial charge in [0.25, 0.3) is 0 Å². The number of methoxy groups -OCH3 is 1. The fourth-order valence-corrected chi connectivity index (χ4v) is 2.61. The largest absolute Gasteiger partial charge is 0.508 e. The fourth-order valence-electron chi connectivity index (χ4n) is 2.61. The van der Waals surface area contributed by atoms with E-state index in [1.54, 1.807) is 24.3 Å². The van der Waals surface area contributed by atoms with Crippen molar-refractivity contribution >= 4 is 11.9 Å². The van der Waals surface area contributed by atoms with Gasteiger partial charge in [0, 0.05) is 0 Å². The number of nitrogens with one attached hydrogen (secondary N) is 1. The molecule has 0 aliphatic heterocycles. The second-order valence-electron chi connectivity index (χ2n) is 6.53. The average molecular weight is 321 g/mol. The Kier molecular flexibility index (Phi) is 7.07. The van der Waals surface area contributed by atoms with Crippen LogP contribution in [0.25, 0.3) is 0 Å². The molecule has 1 aromatic carbocycles. The molecule has 0 saturated heterocycles. The van der Waals surface area contributed by atoms with Gasteiger partial charge in [0.1, 0.15) is 11.8 Å². The predicted octanol–water partition coefficient (Wildman–Crippen LogP) is 2.84. The molecule has 1 amide bonds. The maximum absolute atomic E-state index is 12.7. The minimum absolute atomic E-state index is 0.0527. The number of esters is 1. The second-order valence-corrected chi connectivity index (χ2v) is 6.53. The van der Waals surface area contributed by atoms with Crippen LogP contribution in [0.4, 0.5) is 0 Å². The Bertz CT molecular complexity index is 522. The number of carbonyl (C=O) groups is 2. The first-order valence-electron chi connectivity index (χ1n) is 7.93. The van der Waals surface area contributed by atoms with Crippen LogP contribution < -0.4 is 5.32 Å². The molecule has 5 heteroatoms. The molecule has 0 saturated carbocycles. The summed E-state index contributed by atoms with van der Waals surface area (Å²) in [5, 5.41) is 12.2. The van der Waals surface area contributed by atoms with Crippen molar-refractivity contribution in [2.24, 2.45) is 11.8 Å². The third-order valence-electron chi connectivity index (χ3n) is 3.71. The van der Waals surface area contributed by atoms with Gasteiger partial charge in [-0.15, -0.1) is 0 Å². The third-order valence-corrected chi connectivity index (χ3v) is 3.71. The number of amides is 1. The zero-order chi connectivity index (χ0) is 17.6. The lowest BCUT2D eigenvalue weighted by molar-refractivity contribution is -0.145. The molecule has 2 N–H and O–H groups in total. The van der Waals surface area contributed by atoms with Crippen LogP contribution in [-0.2, 0) is 14.3 Å². The summed E-state index contributed by atoms with van der Waals surface area (Å²) in [5.41, 5.74) is 0.809. The molecule has 2 atom stereocenters. The maximum Gasteiger partial charge on any atom is 0.328 e. The standard InChI is InChI=1S/C18H27NO4/c1-11(2)10-15(18(22)23-5)19-17(21)16(12(3)4)13-6-8-14(20)9-7-13/h6-9,11-12,15-16,20H,10H2,1-5H3,(H,19,21)/t15-,16-/m0/s1. The smallest absolute Gasteiger partial charge is 0.328 e. The maximum atomic E-state index is 12.7. The number of hydrogen-bond acceptors (Lipinski definition) is 4. The molecule has 0 radical (unpaired) electrons. The molecular formula is C18H27NO4. The molecule has 0 unspecified atom stereocenters. The van der Waals surface area contributed by atoms with Crippen molar-refractivity contribution in [1.29, 1.82) is 0 Å². The van der Waals surface area contributed by atoms with Gasteiger partial charge in [0.15, 0.2) is 0 Å². The number of phenols is 1. The quantitative estimate of drug-likeness (QED) is 0.757. The van der Waals surface area contributed by atoms with E-state index in [9.17, 15) is 14.7 Å². The molecule has 0 aliphatic rings. The number of carbonyl (C=O) groups excluding carboxylic acids is 2. The molecule has 128 valence electrons. The van der Waals surface area contributed by atoms with Crippen LogP contribution in [0.5, 0.6) is 5.75 Å². The first-order valence-corrected chi connectivity index (χ1v) is 7.93. The molecule has 0 heterocycles. The van der Waals surface area contributed by atoms with Gasteiger partial charge >= 0.3 is 5.97 Å². The molecule has 0 spiro atoms. The highest BCUT2D eigenvalue weighted by Crippen LogP contribution is 2.26. The first kappa shape index (κ1) is 19.0. The average Bonchev–Trinajstić information content (AvgIpc) is 2.47. The Morgan fingerprint density at radius 2 is 1.70 bits per heavy atom. The summed E-state index contributed by atoms with van der Waals surface area (Å²) in [6, 6.07) is 5.93. The molecule has 5 nitrogen and oxygen atoms in total. The zero-order valence-corrected chi connectivity index (χ0v) is 14.5. The summed E-state index contributed by atoms with van der Waals surface area (Å²) < 4.78 is 4.79. The Labute approximate surface area is 138 Å². The Morgan fingerprint density at radius 3 is 2.13 bits per heavy atom. The Hall–Kier alpha value is -2.04. The summed E-state index contributed by atoms with van der Waals surface area (Å²) in [4.78, 5) is 24.6. The van der Waals surface area contributed by atoms with Gasteiger partial charge < -0.3 is 15.2 Å². The van der Waals surface area contributed by atoms with Gasteiger partial charge in [-0.2, -0.15) is 0 Å². The van der Waals surface area contributed by atoms with Crippen molar-refractivity contribution in [3.05, 3.63) is 29.8 Å². The fraction of sp³-hybridized carbons (Fsp3) is 0.556. The van der Waals surface area contributed by atoms with Crippen molar-refractivity contribution in [3.8, 4) is 5.75 Å². The van der Waals surface area contributed by atoms with Gasteiger partial charge in [0.2, 0.25) is 5.91 Å². The molecular weight excluding hydrogens is 294 g/mol. The van der Waals surface area contributed by atoms with Crippen LogP contribution in [0.1, 0.15) is 45.6 Å². The molecule has 0 aromatic heterocycles. The van der Waals surface area contributed by atoms with Crippen molar-refractivity contribution < 1.29 is 19.4 Å². The monoisotopic (exact) mass is 321 g/mol. The van der Waals surface area contributed by atoms with Gasteiger partial charge in [-0.25, -0.2) is 4.79 Å². The molecule has 23 heavy (non-hydrogen) atoms. The van der Waals surface area contributed by atoms with Crippen LogP contribution >= 0.6 is 0 Å². The summed E-state index contributed by atoms with van der Waals surface area (Å²) in [6.45, 7) is 7.88. The number of phenolic OH excluding ortho intramolecular Hbond substituents is 1. The molecule has 0 aliphatic carbocycles. The summed E-state index contributed by atoms with van der Waals surface area (Å²) in [7, 11) is 1.32. The topological polar surface area (TPSA) is 75.6 Å². The van der Waals surface area contributed by atoms with E-state index >= 15 is 0 Å².